The number of rotatable bonds is 3. The molecule has 0 aliphatic carbocycles. The Kier molecular flexibility index (Phi) is 6.67. The zero-order valence-electron chi connectivity index (χ0n) is 8.52. The molecule has 92 valence electrons. The first-order valence-corrected chi connectivity index (χ1v) is 7.41. The van der Waals surface area contributed by atoms with Gasteiger partial charge in [-0.25, -0.2) is 8.60 Å². The molecule has 0 saturated heterocycles. The van der Waals surface area contributed by atoms with E-state index in [-0.39, 0.29) is 35.4 Å². The van der Waals surface area contributed by atoms with Crippen molar-refractivity contribution in [1.29, 1.82) is 0 Å². The van der Waals surface area contributed by atoms with Crippen LogP contribution in [0.3, 0.4) is 0 Å². The van der Waals surface area contributed by atoms with Gasteiger partial charge in [-0.15, -0.1) is 11.3 Å². The van der Waals surface area contributed by atoms with E-state index in [4.69, 9.17) is 4.55 Å². The number of halogens is 2. The van der Waals surface area contributed by atoms with Gasteiger partial charge < -0.3 is 4.55 Å². The first-order valence-electron chi connectivity index (χ1n) is 4.70. The molecule has 0 fully saturated rings. The summed E-state index contributed by atoms with van der Waals surface area (Å²) in [7, 11) is 0. The van der Waals surface area contributed by atoms with Gasteiger partial charge in [-0.05, 0) is 29.8 Å². The van der Waals surface area contributed by atoms with Crippen LogP contribution in [-0.4, -0.2) is 38.3 Å². The molecule has 2 nitrogen and oxygen atoms in total. The van der Waals surface area contributed by atoms with Crippen molar-refractivity contribution in [2.45, 2.75) is 10.6 Å². The van der Waals surface area contributed by atoms with Crippen molar-refractivity contribution in [3.8, 4) is 0 Å². The predicted octanol–water partition coefficient (Wildman–Crippen LogP) is 3.17. The molecule has 1 unspecified atom stereocenters. The molecule has 2 aromatic rings. The maximum atomic E-state index is 13.6. The van der Waals surface area contributed by atoms with Crippen molar-refractivity contribution in [1.82, 2.24) is 0 Å². The molecule has 0 aliphatic rings. The molecule has 0 radical (unpaired) electrons. The standard InChI is InChI=1S/C11H8BrFO2S2.Na.H/c12-8-2-1-7(10(13)6-8)5-9-3-4-11(16-9)17(14)15;;/h1-4,6H,5H2,(H,14,15);;. The van der Waals surface area contributed by atoms with Gasteiger partial charge in [0.15, 0.2) is 11.1 Å². The van der Waals surface area contributed by atoms with Crippen molar-refractivity contribution < 1.29 is 13.2 Å². The van der Waals surface area contributed by atoms with E-state index in [1.165, 1.54) is 17.4 Å². The fraction of sp³-hybridized carbons (Fsp3) is 0.0909. The normalized spacial score (nSPS) is 11.9. The third-order valence-electron chi connectivity index (χ3n) is 2.19. The van der Waals surface area contributed by atoms with Crippen LogP contribution in [0.1, 0.15) is 10.4 Å². The molecule has 0 amide bonds. The minimum atomic E-state index is -1.96. The third kappa shape index (κ3) is 4.23. The van der Waals surface area contributed by atoms with Crippen LogP contribution in [-0.2, 0) is 17.5 Å². The van der Waals surface area contributed by atoms with Gasteiger partial charge >= 0.3 is 29.6 Å². The monoisotopic (exact) mass is 358 g/mol. The Morgan fingerprint density at radius 2 is 2.06 bits per heavy atom. The quantitative estimate of drug-likeness (QED) is 0.675. The Bertz CT molecular complexity index is 574. The Morgan fingerprint density at radius 3 is 2.61 bits per heavy atom. The first-order chi connectivity index (χ1) is 8.06. The van der Waals surface area contributed by atoms with Gasteiger partial charge in [-0.2, -0.15) is 0 Å². The van der Waals surface area contributed by atoms with Crippen molar-refractivity contribution in [3.63, 3.8) is 0 Å². The molecule has 1 aromatic carbocycles. The van der Waals surface area contributed by atoms with Gasteiger partial charge in [-0.3, -0.25) is 0 Å². The summed E-state index contributed by atoms with van der Waals surface area (Å²) in [4.78, 5) is 0.864. The Morgan fingerprint density at radius 1 is 1.33 bits per heavy atom. The molecule has 1 atom stereocenters. The number of hydrogen-bond acceptors (Lipinski definition) is 2. The van der Waals surface area contributed by atoms with Crippen molar-refractivity contribution in [3.05, 3.63) is 51.1 Å². The fourth-order valence-electron chi connectivity index (χ4n) is 1.40. The average molecular weight is 359 g/mol. The molecule has 1 aromatic heterocycles. The first kappa shape index (κ1) is 16.5. The fourth-order valence-corrected chi connectivity index (χ4v) is 3.28. The van der Waals surface area contributed by atoms with Gasteiger partial charge in [0.1, 0.15) is 10.0 Å². The van der Waals surface area contributed by atoms with Crippen molar-refractivity contribution in [2.24, 2.45) is 0 Å². The average Bonchev–Trinajstić information content (AvgIpc) is 2.71. The molecule has 1 heterocycles. The van der Waals surface area contributed by atoms with E-state index in [1.54, 1.807) is 24.3 Å². The molecule has 18 heavy (non-hydrogen) atoms. The van der Waals surface area contributed by atoms with E-state index in [9.17, 15) is 8.60 Å². The summed E-state index contributed by atoms with van der Waals surface area (Å²) >= 11 is 2.46. The van der Waals surface area contributed by atoms with E-state index >= 15 is 0 Å². The van der Waals surface area contributed by atoms with Crippen molar-refractivity contribution >= 4 is 67.9 Å². The minimum absolute atomic E-state index is 0. The molecule has 1 N–H and O–H groups in total. The zero-order chi connectivity index (χ0) is 12.4. The molecule has 2 rings (SSSR count). The molecule has 0 spiro atoms. The van der Waals surface area contributed by atoms with E-state index in [0.29, 0.717) is 20.7 Å². The van der Waals surface area contributed by atoms with Gasteiger partial charge in [0.05, 0.1) is 0 Å². The molecule has 0 saturated carbocycles. The van der Waals surface area contributed by atoms with Crippen LogP contribution in [0.25, 0.3) is 0 Å². The summed E-state index contributed by atoms with van der Waals surface area (Å²) in [6, 6.07) is 8.22. The predicted molar refractivity (Wildman–Crippen MR) is 77.4 cm³/mol. The van der Waals surface area contributed by atoms with Gasteiger partial charge in [0.2, 0.25) is 0 Å². The van der Waals surface area contributed by atoms with Crippen LogP contribution >= 0.6 is 27.3 Å². The van der Waals surface area contributed by atoms with Crippen LogP contribution in [0.2, 0.25) is 0 Å². The molecule has 7 heteroatoms. The Labute approximate surface area is 141 Å². The van der Waals surface area contributed by atoms with Crippen LogP contribution in [0.4, 0.5) is 4.39 Å². The van der Waals surface area contributed by atoms with Crippen molar-refractivity contribution in [2.75, 3.05) is 0 Å². The van der Waals surface area contributed by atoms with E-state index in [2.05, 4.69) is 15.9 Å². The summed E-state index contributed by atoms with van der Waals surface area (Å²) in [5, 5.41) is 0. The summed E-state index contributed by atoms with van der Waals surface area (Å²) < 4.78 is 34.4. The second kappa shape index (κ2) is 7.28. The zero-order valence-corrected chi connectivity index (χ0v) is 11.7. The number of benzene rings is 1. The SMILES string of the molecule is O=S(O)c1ccc(Cc2ccc(Br)cc2F)s1.[NaH]. The summed E-state index contributed by atoms with van der Waals surface area (Å²) in [6.07, 6.45) is 0.432. The summed E-state index contributed by atoms with van der Waals surface area (Å²) in [5.74, 6) is -0.278. The van der Waals surface area contributed by atoms with Gasteiger partial charge in [0.25, 0.3) is 0 Å². The molecular formula is C11H9BrFNaO2S2. The molecular weight excluding hydrogens is 350 g/mol. The molecule has 0 bridgehead atoms. The second-order valence-corrected chi connectivity index (χ2v) is 6.66. The second-order valence-electron chi connectivity index (χ2n) is 3.38. The van der Waals surface area contributed by atoms with E-state index in [1.807, 2.05) is 0 Å². The van der Waals surface area contributed by atoms with Crippen LogP contribution < -0.4 is 0 Å². The van der Waals surface area contributed by atoms with Crippen LogP contribution in [0.5, 0.6) is 0 Å². The van der Waals surface area contributed by atoms with E-state index < -0.39 is 11.1 Å². The molecule has 0 aliphatic heterocycles. The summed E-state index contributed by atoms with van der Waals surface area (Å²) in [6.45, 7) is 0. The van der Waals surface area contributed by atoms with Gasteiger partial charge in [-0.1, -0.05) is 22.0 Å². The summed E-state index contributed by atoms with van der Waals surface area (Å²) in [5.41, 5.74) is 0.574. The topological polar surface area (TPSA) is 37.3 Å². The van der Waals surface area contributed by atoms with Gasteiger partial charge in [0, 0.05) is 15.8 Å². The Hall–Kier alpha value is 0.440. The number of thiophene rings is 1. The third-order valence-corrected chi connectivity index (χ3v) is 4.72. The maximum absolute atomic E-state index is 13.6. The van der Waals surface area contributed by atoms with Crippen LogP contribution in [0, 0.1) is 5.82 Å². The van der Waals surface area contributed by atoms with E-state index in [0.717, 1.165) is 4.88 Å². The Balaban J connectivity index is 0.00000162. The van der Waals surface area contributed by atoms with Crippen LogP contribution in [0.15, 0.2) is 39.0 Å². The number of hydrogen-bond donors (Lipinski definition) is 1.